The summed E-state index contributed by atoms with van der Waals surface area (Å²) in [6, 6.07) is 7.03. The molecule has 1 aromatic rings. The van der Waals surface area contributed by atoms with E-state index in [1.807, 2.05) is 6.92 Å². The van der Waals surface area contributed by atoms with Crippen LogP contribution >= 0.6 is 24.5 Å². The van der Waals surface area contributed by atoms with Crippen LogP contribution in [0.15, 0.2) is 33.6 Å². The smallest absolute Gasteiger partial charge is 0.259 e. The van der Waals surface area contributed by atoms with Crippen molar-refractivity contribution in [3.8, 4) is 0 Å². The summed E-state index contributed by atoms with van der Waals surface area (Å²) >= 11 is 3.35. The van der Waals surface area contributed by atoms with Crippen LogP contribution in [0.4, 0.5) is 0 Å². The minimum absolute atomic E-state index is 0.148. The number of sulfone groups is 1. The molecule has 0 amide bonds. The van der Waals surface area contributed by atoms with Gasteiger partial charge in [0, 0.05) is 30.1 Å². The first-order chi connectivity index (χ1) is 14.7. The van der Waals surface area contributed by atoms with Crippen molar-refractivity contribution in [1.29, 1.82) is 0 Å². The predicted molar refractivity (Wildman–Crippen MR) is 122 cm³/mol. The highest BCUT2D eigenvalue weighted by Crippen LogP contribution is 2.59. The average Bonchev–Trinajstić information content (AvgIpc) is 3.40. The number of benzene rings is 1. The molecule has 31 heavy (non-hydrogen) atoms. The quantitative estimate of drug-likeness (QED) is 0.480. The van der Waals surface area contributed by atoms with E-state index < -0.39 is 36.0 Å². The molecule has 7 nitrogen and oxygen atoms in total. The summed E-state index contributed by atoms with van der Waals surface area (Å²) in [4.78, 5) is 0.242. The van der Waals surface area contributed by atoms with E-state index in [9.17, 15) is 8.42 Å². The van der Waals surface area contributed by atoms with Crippen LogP contribution in [-0.2, 0) is 28.4 Å². The first-order valence-electron chi connectivity index (χ1n) is 10.8. The van der Waals surface area contributed by atoms with E-state index in [1.165, 1.54) is 0 Å². The summed E-state index contributed by atoms with van der Waals surface area (Å²) in [5, 5.41) is 0. The summed E-state index contributed by atoms with van der Waals surface area (Å²) in [6.45, 7) is 7.46. The third kappa shape index (κ3) is 4.62. The summed E-state index contributed by atoms with van der Waals surface area (Å²) in [7, 11) is -3.35. The molecule has 3 unspecified atom stereocenters. The topological polar surface area (TPSA) is 74.3 Å². The van der Waals surface area contributed by atoms with Crippen LogP contribution in [0.3, 0.4) is 0 Å². The molecule has 3 saturated heterocycles. The van der Waals surface area contributed by atoms with E-state index in [4.69, 9.17) is 18.5 Å². The van der Waals surface area contributed by atoms with Crippen LogP contribution in [-0.4, -0.2) is 63.1 Å². The Bertz CT molecular complexity index is 869. The highest BCUT2D eigenvalue weighted by Gasteiger charge is 2.54. The maximum Gasteiger partial charge on any atom is 0.259 e. The molecule has 0 aromatic heterocycles. The van der Waals surface area contributed by atoms with Crippen LogP contribution in [0, 0.1) is 11.8 Å². The molecule has 0 aliphatic carbocycles. The number of fused-ring (bicyclic) bond motifs is 1. The van der Waals surface area contributed by atoms with Crippen molar-refractivity contribution in [2.45, 2.75) is 68.3 Å². The number of halogens is 1. The van der Waals surface area contributed by atoms with Crippen LogP contribution < -0.4 is 0 Å². The second-order valence-corrected chi connectivity index (χ2v) is 13.2. The van der Waals surface area contributed by atoms with Crippen LogP contribution in [0.1, 0.15) is 33.6 Å². The van der Waals surface area contributed by atoms with E-state index in [0.29, 0.717) is 12.0 Å². The highest BCUT2D eigenvalue weighted by molar-refractivity contribution is 9.10. The van der Waals surface area contributed by atoms with Gasteiger partial charge in [-0.25, -0.2) is 13.1 Å². The Kier molecular flexibility index (Phi) is 7.46. The molecular formula is C21H31BrNO6PS. The minimum atomic E-state index is -3.69. The Morgan fingerprint density at radius 3 is 2.65 bits per heavy atom. The number of methoxy groups -OCH3 is 1. The molecule has 174 valence electrons. The van der Waals surface area contributed by atoms with E-state index in [1.54, 1.807) is 31.4 Å². The maximum absolute atomic E-state index is 13.3. The monoisotopic (exact) mass is 535 g/mol. The van der Waals surface area contributed by atoms with Gasteiger partial charge >= 0.3 is 0 Å². The lowest BCUT2D eigenvalue weighted by molar-refractivity contribution is -0.0130. The van der Waals surface area contributed by atoms with Gasteiger partial charge in [-0.15, -0.1) is 0 Å². The van der Waals surface area contributed by atoms with Crippen molar-refractivity contribution in [3.05, 3.63) is 28.7 Å². The van der Waals surface area contributed by atoms with E-state index in [2.05, 4.69) is 34.4 Å². The fourth-order valence-corrected chi connectivity index (χ4v) is 9.02. The van der Waals surface area contributed by atoms with Crippen molar-refractivity contribution in [3.63, 3.8) is 0 Å². The van der Waals surface area contributed by atoms with Gasteiger partial charge in [0.2, 0.25) is 9.84 Å². The van der Waals surface area contributed by atoms with Gasteiger partial charge < -0.3 is 18.5 Å². The normalized spacial score (nSPS) is 36.4. The molecule has 3 fully saturated rings. The Hall–Kier alpha value is -0.120. The number of nitrogens with zero attached hydrogens (tertiary/aromatic N) is 1. The third-order valence-corrected chi connectivity index (χ3v) is 10.7. The van der Waals surface area contributed by atoms with Crippen LogP contribution in [0.2, 0.25) is 0 Å². The molecule has 7 atom stereocenters. The van der Waals surface area contributed by atoms with E-state index in [-0.39, 0.29) is 23.5 Å². The predicted octanol–water partition coefficient (Wildman–Crippen LogP) is 4.36. The zero-order valence-electron chi connectivity index (χ0n) is 18.3. The van der Waals surface area contributed by atoms with E-state index in [0.717, 1.165) is 23.9 Å². The molecular weight excluding hydrogens is 505 g/mol. The van der Waals surface area contributed by atoms with Crippen LogP contribution in [0.5, 0.6) is 0 Å². The SMILES string of the molecule is COC[C@H]1O[C@@H](S(=O)(=O)c2ccc(Br)cc2)C(C)[C@H]1OP1OC(C(C)C)[C@@H]2CCCN21. The number of rotatable bonds is 7. The molecule has 0 spiro atoms. The Morgan fingerprint density at radius 1 is 1.29 bits per heavy atom. The molecule has 0 radical (unpaired) electrons. The lowest BCUT2D eigenvalue weighted by Gasteiger charge is -2.27. The highest BCUT2D eigenvalue weighted by atomic mass is 79.9. The Balaban J connectivity index is 1.55. The third-order valence-electron chi connectivity index (χ3n) is 6.34. The summed E-state index contributed by atoms with van der Waals surface area (Å²) < 4.78 is 54.1. The number of hydrogen-bond acceptors (Lipinski definition) is 7. The zero-order chi connectivity index (χ0) is 22.3. The summed E-state index contributed by atoms with van der Waals surface area (Å²) in [5.41, 5.74) is -0.994. The molecule has 3 heterocycles. The Morgan fingerprint density at radius 2 is 2.00 bits per heavy atom. The van der Waals surface area contributed by atoms with Gasteiger partial charge in [-0.1, -0.05) is 36.7 Å². The van der Waals surface area contributed by atoms with Crippen molar-refractivity contribution in [2.24, 2.45) is 11.8 Å². The van der Waals surface area contributed by atoms with Gasteiger partial charge in [0.05, 0.1) is 17.6 Å². The van der Waals surface area contributed by atoms with Gasteiger partial charge in [-0.3, -0.25) is 0 Å². The molecule has 3 aliphatic heterocycles. The average molecular weight is 536 g/mol. The molecule has 10 heteroatoms. The lowest BCUT2D eigenvalue weighted by Crippen LogP contribution is -2.34. The molecule has 3 aliphatic rings. The number of hydrogen-bond donors (Lipinski definition) is 0. The molecule has 0 saturated carbocycles. The summed E-state index contributed by atoms with van der Waals surface area (Å²) in [6.07, 6.45) is 1.51. The second-order valence-electron chi connectivity index (χ2n) is 8.85. The molecule has 1 aromatic carbocycles. The van der Waals surface area contributed by atoms with Gasteiger partial charge in [0.15, 0.2) is 5.44 Å². The first-order valence-corrected chi connectivity index (χ1v) is 14.2. The Labute approximate surface area is 194 Å². The molecule has 0 N–H and O–H groups in total. The van der Waals surface area contributed by atoms with Crippen molar-refractivity contribution >= 4 is 34.3 Å². The van der Waals surface area contributed by atoms with Gasteiger partial charge in [0.25, 0.3) is 8.53 Å². The van der Waals surface area contributed by atoms with Gasteiger partial charge in [0.1, 0.15) is 12.2 Å². The lowest BCUT2D eigenvalue weighted by atomic mass is 9.99. The number of ether oxygens (including phenoxy) is 2. The van der Waals surface area contributed by atoms with E-state index >= 15 is 0 Å². The maximum atomic E-state index is 13.3. The largest absolute Gasteiger partial charge is 0.382 e. The first kappa shape index (κ1) is 24.0. The fourth-order valence-electron chi connectivity index (χ4n) is 4.75. The molecule has 4 rings (SSSR count). The standard InChI is InChI=1S/C21H31BrNO6PS/c1-13(2)19-17-6-5-11-23(17)30(28-19)29-20-14(3)21(27-18(20)12-26-4)31(24,25)16-9-7-15(22)8-10-16/h7-10,13-14,17-21H,5-6,11-12H2,1-4H3/t14?,17-,18+,19?,20+,21-,30?/m0/s1. The van der Waals surface area contributed by atoms with Gasteiger partial charge in [-0.05, 0) is 43.0 Å². The fraction of sp³-hybridized carbons (Fsp3) is 0.714. The van der Waals surface area contributed by atoms with Crippen molar-refractivity contribution in [1.82, 2.24) is 4.67 Å². The second kappa shape index (κ2) is 9.63. The van der Waals surface area contributed by atoms with Crippen molar-refractivity contribution in [2.75, 3.05) is 20.3 Å². The van der Waals surface area contributed by atoms with Crippen molar-refractivity contribution < 1.29 is 26.9 Å². The molecule has 0 bridgehead atoms. The van der Waals surface area contributed by atoms with Crippen LogP contribution in [0.25, 0.3) is 0 Å². The van der Waals surface area contributed by atoms with Gasteiger partial charge in [-0.2, -0.15) is 0 Å². The zero-order valence-corrected chi connectivity index (χ0v) is 21.6. The minimum Gasteiger partial charge on any atom is -0.382 e. The summed E-state index contributed by atoms with van der Waals surface area (Å²) in [5.74, 6) is 0.0401.